The zero-order chi connectivity index (χ0) is 25.5. The molecule has 2 aromatic carbocycles. The molecule has 2 aromatic heterocycles. The molecule has 0 aliphatic heterocycles. The molecule has 4 aromatic rings. The second-order valence-corrected chi connectivity index (χ2v) is 7.86. The van der Waals surface area contributed by atoms with Crippen LogP contribution in [0.25, 0.3) is 0 Å². The van der Waals surface area contributed by atoms with E-state index in [2.05, 4.69) is 15.5 Å². The van der Waals surface area contributed by atoms with Crippen molar-refractivity contribution in [2.45, 2.75) is 26.7 Å². The number of aromatic nitrogens is 2. The second-order valence-electron chi connectivity index (χ2n) is 7.86. The number of amides is 1. The summed E-state index contributed by atoms with van der Waals surface area (Å²) in [5, 5.41) is 15.5. The van der Waals surface area contributed by atoms with E-state index < -0.39 is 17.7 Å². The molecule has 0 saturated heterocycles. The lowest BCUT2D eigenvalue weighted by Crippen LogP contribution is -2.14. The summed E-state index contributed by atoms with van der Waals surface area (Å²) in [4.78, 5) is 27.9. The third-order valence-corrected chi connectivity index (χ3v) is 5.03. The minimum absolute atomic E-state index is 0.00159. The van der Waals surface area contributed by atoms with Crippen molar-refractivity contribution in [1.82, 2.24) is 10.1 Å². The van der Waals surface area contributed by atoms with Gasteiger partial charge < -0.3 is 24.4 Å². The number of aryl methyl sites for hydroxylation is 1. The van der Waals surface area contributed by atoms with Gasteiger partial charge >= 0.3 is 5.97 Å². The molecule has 0 radical (unpaired) electrons. The summed E-state index contributed by atoms with van der Waals surface area (Å²) in [6, 6.07) is 15.6. The van der Waals surface area contributed by atoms with Crippen molar-refractivity contribution in [3.8, 4) is 5.75 Å². The Balaban J connectivity index is 1.51. The van der Waals surface area contributed by atoms with Crippen LogP contribution in [-0.4, -0.2) is 27.1 Å². The zero-order valence-electron chi connectivity index (χ0n) is 19.2. The van der Waals surface area contributed by atoms with Crippen LogP contribution in [-0.2, 0) is 24.6 Å². The van der Waals surface area contributed by atoms with E-state index in [1.165, 1.54) is 24.3 Å². The number of nitrogens with one attached hydrogen (secondary N) is 1. The second kappa shape index (κ2) is 11.2. The Bertz CT molecular complexity index is 1370. The predicted octanol–water partition coefficient (Wildman–Crippen LogP) is 4.76. The third kappa shape index (κ3) is 6.51. The number of nitrogens with zero attached hydrogens (tertiary/aromatic N) is 2. The Morgan fingerprint density at radius 1 is 1.03 bits per heavy atom. The van der Waals surface area contributed by atoms with Gasteiger partial charge in [-0.2, -0.15) is 0 Å². The molecule has 1 amide bonds. The Morgan fingerprint density at radius 3 is 2.56 bits per heavy atom. The summed E-state index contributed by atoms with van der Waals surface area (Å²) in [6.07, 6.45) is 1.15. The lowest BCUT2D eigenvalue weighted by Gasteiger charge is -2.12. The van der Waals surface area contributed by atoms with Crippen LogP contribution in [0.1, 0.15) is 43.3 Å². The topological polar surface area (TPSA) is 124 Å². The van der Waals surface area contributed by atoms with Gasteiger partial charge in [-0.25, -0.2) is 14.2 Å². The van der Waals surface area contributed by atoms with Crippen molar-refractivity contribution in [3.63, 3.8) is 0 Å². The van der Waals surface area contributed by atoms with Gasteiger partial charge in [0.05, 0.1) is 18.8 Å². The predicted molar refractivity (Wildman–Crippen MR) is 126 cm³/mol. The normalized spacial score (nSPS) is 10.7. The van der Waals surface area contributed by atoms with Crippen LogP contribution in [0.15, 0.2) is 71.4 Å². The molecule has 0 unspecified atom stereocenters. The van der Waals surface area contributed by atoms with Crippen LogP contribution < -0.4 is 10.1 Å². The van der Waals surface area contributed by atoms with Gasteiger partial charge in [-0.05, 0) is 48.9 Å². The smallest absolute Gasteiger partial charge is 0.337 e. The monoisotopic (exact) mass is 491 g/mol. The number of carboxylic acids is 1. The molecule has 0 saturated carbocycles. The minimum Gasteiger partial charge on any atom is -0.489 e. The van der Waals surface area contributed by atoms with Gasteiger partial charge in [-0.1, -0.05) is 23.4 Å². The molecule has 184 valence electrons. The van der Waals surface area contributed by atoms with E-state index in [9.17, 15) is 14.0 Å². The molecule has 0 atom stereocenters. The molecule has 4 rings (SSSR count). The van der Waals surface area contributed by atoms with E-state index >= 15 is 0 Å². The first-order valence-electron chi connectivity index (χ1n) is 10.9. The number of benzene rings is 2. The third-order valence-electron chi connectivity index (χ3n) is 5.03. The van der Waals surface area contributed by atoms with Crippen LogP contribution in [0.2, 0.25) is 0 Å². The number of hydrogen-bond acceptors (Lipinski definition) is 7. The molecule has 0 fully saturated rings. The first-order valence-corrected chi connectivity index (χ1v) is 10.9. The van der Waals surface area contributed by atoms with Gasteiger partial charge in [0.25, 0.3) is 5.91 Å². The number of carboxylic acid groups (broad SMARTS) is 1. The van der Waals surface area contributed by atoms with Gasteiger partial charge in [0.1, 0.15) is 35.4 Å². The summed E-state index contributed by atoms with van der Waals surface area (Å²) in [6.45, 7) is 2.10. The standard InChI is InChI=1S/C26H22FN3O6/c1-16-8-21(30-36-16)15-34-13-17-9-20(25(31)29-24-7-6-18(12-28-24)26(32)33)11-22(10-17)35-14-19-4-2-3-5-23(19)27/h2-12H,13-15H2,1H3,(H,32,33)(H,28,29,31). The number of pyridine rings is 1. The fourth-order valence-electron chi connectivity index (χ4n) is 3.28. The van der Waals surface area contributed by atoms with Gasteiger partial charge in [0.2, 0.25) is 0 Å². The highest BCUT2D eigenvalue weighted by Gasteiger charge is 2.13. The lowest BCUT2D eigenvalue weighted by molar-refractivity contribution is 0.0696. The van der Waals surface area contributed by atoms with Crippen molar-refractivity contribution >= 4 is 17.7 Å². The van der Waals surface area contributed by atoms with E-state index in [0.29, 0.717) is 28.3 Å². The summed E-state index contributed by atoms with van der Waals surface area (Å²) in [7, 11) is 0. The molecule has 36 heavy (non-hydrogen) atoms. The highest BCUT2D eigenvalue weighted by atomic mass is 19.1. The number of ether oxygens (including phenoxy) is 2. The largest absolute Gasteiger partial charge is 0.489 e. The fourth-order valence-corrected chi connectivity index (χ4v) is 3.28. The number of anilines is 1. The molecule has 0 aliphatic rings. The first kappa shape index (κ1) is 24.6. The van der Waals surface area contributed by atoms with E-state index in [4.69, 9.17) is 19.1 Å². The van der Waals surface area contributed by atoms with Crippen LogP contribution >= 0.6 is 0 Å². The minimum atomic E-state index is -1.12. The average molecular weight is 491 g/mol. The van der Waals surface area contributed by atoms with E-state index in [1.807, 2.05) is 0 Å². The van der Waals surface area contributed by atoms with E-state index in [1.54, 1.807) is 43.3 Å². The molecular weight excluding hydrogens is 469 g/mol. The molecule has 0 aliphatic carbocycles. The molecule has 10 heteroatoms. The van der Waals surface area contributed by atoms with E-state index in [-0.39, 0.29) is 36.8 Å². The van der Waals surface area contributed by atoms with Crippen LogP contribution in [0.5, 0.6) is 5.75 Å². The fraction of sp³-hybridized carbons (Fsp3) is 0.154. The summed E-state index contributed by atoms with van der Waals surface area (Å²) < 4.78 is 30.5. The molecule has 2 N–H and O–H groups in total. The van der Waals surface area contributed by atoms with Gasteiger partial charge in [0.15, 0.2) is 0 Å². The Kier molecular flexibility index (Phi) is 7.66. The average Bonchev–Trinajstić information content (AvgIpc) is 3.28. The molecule has 9 nitrogen and oxygen atoms in total. The number of carbonyl (C=O) groups is 2. The maximum absolute atomic E-state index is 14.0. The number of hydrogen-bond donors (Lipinski definition) is 2. The first-order chi connectivity index (χ1) is 17.4. The highest BCUT2D eigenvalue weighted by Crippen LogP contribution is 2.22. The van der Waals surface area contributed by atoms with Crippen molar-refractivity contribution < 1.29 is 33.1 Å². The summed E-state index contributed by atoms with van der Waals surface area (Å²) >= 11 is 0. The van der Waals surface area contributed by atoms with Gasteiger partial charge in [0, 0.05) is 23.4 Å². The highest BCUT2D eigenvalue weighted by molar-refractivity contribution is 6.04. The lowest BCUT2D eigenvalue weighted by atomic mass is 10.1. The number of aromatic carboxylic acids is 1. The number of rotatable bonds is 10. The number of halogens is 1. The SMILES string of the molecule is Cc1cc(COCc2cc(OCc3ccccc3F)cc(C(=O)Nc3ccc(C(=O)O)cn3)c2)no1. The quantitative estimate of drug-likeness (QED) is 0.325. The Morgan fingerprint density at radius 2 is 1.86 bits per heavy atom. The van der Waals surface area contributed by atoms with Crippen LogP contribution in [0.4, 0.5) is 10.2 Å². The molecule has 0 spiro atoms. The van der Waals surface area contributed by atoms with E-state index in [0.717, 1.165) is 6.20 Å². The zero-order valence-corrected chi connectivity index (χ0v) is 19.2. The van der Waals surface area contributed by atoms with Crippen molar-refractivity contribution in [3.05, 3.63) is 106 Å². The molecular formula is C26H22FN3O6. The molecule has 0 bridgehead atoms. The maximum atomic E-state index is 14.0. The van der Waals surface area contributed by atoms with Gasteiger partial charge in [-0.3, -0.25) is 4.79 Å². The van der Waals surface area contributed by atoms with Crippen molar-refractivity contribution in [2.24, 2.45) is 0 Å². The van der Waals surface area contributed by atoms with Crippen molar-refractivity contribution in [1.29, 1.82) is 0 Å². The van der Waals surface area contributed by atoms with Crippen LogP contribution in [0.3, 0.4) is 0 Å². The van der Waals surface area contributed by atoms with Crippen LogP contribution in [0, 0.1) is 12.7 Å². The van der Waals surface area contributed by atoms with Crippen molar-refractivity contribution in [2.75, 3.05) is 5.32 Å². The Hall–Kier alpha value is -4.57. The Labute approximate surface area is 205 Å². The number of carbonyl (C=O) groups excluding carboxylic acids is 1. The maximum Gasteiger partial charge on any atom is 0.337 e. The summed E-state index contributed by atoms with van der Waals surface area (Å²) in [5.74, 6) is -0.812. The van der Waals surface area contributed by atoms with Gasteiger partial charge in [-0.15, -0.1) is 0 Å². The molecule has 2 heterocycles. The summed E-state index contributed by atoms with van der Waals surface area (Å²) in [5.41, 5.74) is 1.89.